The van der Waals surface area contributed by atoms with E-state index in [9.17, 15) is 0 Å². The van der Waals surface area contributed by atoms with Crippen molar-refractivity contribution < 1.29 is 0 Å². The first-order valence-electron chi connectivity index (χ1n) is 4.80. The zero-order valence-electron chi connectivity index (χ0n) is 7.44. The van der Waals surface area contributed by atoms with Crippen LogP contribution in [0.1, 0.15) is 24.0 Å². The third-order valence-corrected chi connectivity index (χ3v) is 3.51. The molecule has 0 radical (unpaired) electrons. The van der Waals surface area contributed by atoms with E-state index in [1.807, 2.05) is 6.07 Å². The molecule has 2 aliphatic rings. The van der Waals surface area contributed by atoms with Crippen molar-refractivity contribution in [1.29, 1.82) is 0 Å². The normalized spacial score (nSPS) is 22.8. The number of benzene rings is 1. The Hall–Kier alpha value is -0.530. The van der Waals surface area contributed by atoms with Gasteiger partial charge in [0.15, 0.2) is 0 Å². The van der Waals surface area contributed by atoms with E-state index in [0.717, 1.165) is 18.1 Å². The lowest BCUT2D eigenvalue weighted by Crippen LogP contribution is -2.33. The van der Waals surface area contributed by atoms with Crippen molar-refractivity contribution in [3.8, 4) is 0 Å². The molecule has 3 rings (SSSR count). The van der Waals surface area contributed by atoms with Crippen molar-refractivity contribution in [3.05, 3.63) is 34.3 Å². The molecule has 1 nitrogen and oxygen atoms in total. The molecule has 1 aromatic rings. The number of nitrogens with one attached hydrogen (secondary N) is 1. The maximum Gasteiger partial charge on any atom is 0.0409 e. The molecule has 0 saturated heterocycles. The Kier molecular flexibility index (Phi) is 1.50. The summed E-state index contributed by atoms with van der Waals surface area (Å²) in [5.41, 5.74) is 3.42. The lowest BCUT2D eigenvalue weighted by atomic mass is 9.88. The smallest absolute Gasteiger partial charge is 0.0409 e. The predicted molar refractivity (Wildman–Crippen MR) is 54.1 cm³/mol. The minimum Gasteiger partial charge on any atom is -0.312 e. The van der Waals surface area contributed by atoms with Gasteiger partial charge in [-0.2, -0.15) is 0 Å². The average molecular weight is 194 g/mol. The first kappa shape index (κ1) is 7.84. The van der Waals surface area contributed by atoms with Crippen molar-refractivity contribution >= 4 is 11.6 Å². The molecule has 1 aromatic carbocycles. The second-order valence-electron chi connectivity index (χ2n) is 4.19. The molecule has 1 spiro atoms. The van der Waals surface area contributed by atoms with Crippen LogP contribution < -0.4 is 5.32 Å². The molecule has 2 heteroatoms. The van der Waals surface area contributed by atoms with E-state index in [4.69, 9.17) is 11.6 Å². The van der Waals surface area contributed by atoms with E-state index in [2.05, 4.69) is 17.4 Å². The summed E-state index contributed by atoms with van der Waals surface area (Å²) in [7, 11) is 0. The standard InChI is InChI=1S/C11H12ClN/c12-9-1-2-10-8(5-9)6-13-7-11(10)3-4-11/h1-2,5,13H,3-4,6-7H2. The molecule has 68 valence electrons. The van der Waals surface area contributed by atoms with E-state index >= 15 is 0 Å². The first-order chi connectivity index (χ1) is 6.30. The summed E-state index contributed by atoms with van der Waals surface area (Å²) in [6.07, 6.45) is 2.68. The molecule has 1 fully saturated rings. The van der Waals surface area contributed by atoms with E-state index in [-0.39, 0.29) is 0 Å². The third kappa shape index (κ3) is 1.11. The summed E-state index contributed by atoms with van der Waals surface area (Å²) < 4.78 is 0. The maximum atomic E-state index is 5.96. The molecule has 0 unspecified atom stereocenters. The van der Waals surface area contributed by atoms with Crippen molar-refractivity contribution in [2.45, 2.75) is 24.8 Å². The van der Waals surface area contributed by atoms with Crippen LogP contribution >= 0.6 is 11.6 Å². The van der Waals surface area contributed by atoms with Gasteiger partial charge in [0.25, 0.3) is 0 Å². The summed E-state index contributed by atoms with van der Waals surface area (Å²) in [6.45, 7) is 2.14. The molecule has 0 atom stereocenters. The summed E-state index contributed by atoms with van der Waals surface area (Å²) in [5.74, 6) is 0. The van der Waals surface area contributed by atoms with Crippen LogP contribution in [-0.2, 0) is 12.0 Å². The minimum atomic E-state index is 0.484. The van der Waals surface area contributed by atoms with Crippen molar-refractivity contribution in [2.24, 2.45) is 0 Å². The van der Waals surface area contributed by atoms with Gasteiger partial charge in [0.1, 0.15) is 0 Å². The molecule has 1 aliphatic heterocycles. The third-order valence-electron chi connectivity index (χ3n) is 3.27. The number of hydrogen-bond acceptors (Lipinski definition) is 1. The lowest BCUT2D eigenvalue weighted by molar-refractivity contribution is 0.531. The number of rotatable bonds is 0. The molecule has 1 N–H and O–H groups in total. The molecular formula is C11H12ClN. The Morgan fingerprint density at radius 3 is 2.92 bits per heavy atom. The highest BCUT2D eigenvalue weighted by atomic mass is 35.5. The fourth-order valence-corrected chi connectivity index (χ4v) is 2.55. The van der Waals surface area contributed by atoms with Gasteiger partial charge < -0.3 is 5.32 Å². The fraction of sp³-hybridized carbons (Fsp3) is 0.455. The lowest BCUT2D eigenvalue weighted by Gasteiger charge is -2.26. The Morgan fingerprint density at radius 1 is 1.31 bits per heavy atom. The highest BCUT2D eigenvalue weighted by Gasteiger charge is 2.46. The van der Waals surface area contributed by atoms with Gasteiger partial charge in [0, 0.05) is 23.5 Å². The second-order valence-corrected chi connectivity index (χ2v) is 4.62. The van der Waals surface area contributed by atoms with Crippen molar-refractivity contribution in [1.82, 2.24) is 5.32 Å². The molecule has 0 amide bonds. The largest absolute Gasteiger partial charge is 0.312 e. The molecule has 1 aliphatic carbocycles. The first-order valence-corrected chi connectivity index (χ1v) is 5.18. The Balaban J connectivity index is 2.15. The number of halogens is 1. The fourth-order valence-electron chi connectivity index (χ4n) is 2.35. The minimum absolute atomic E-state index is 0.484. The SMILES string of the molecule is Clc1ccc2c(c1)CNCC21CC1. The van der Waals surface area contributed by atoms with E-state index in [0.29, 0.717) is 5.41 Å². The maximum absolute atomic E-state index is 5.96. The van der Waals surface area contributed by atoms with Gasteiger partial charge in [-0.05, 0) is 36.1 Å². The van der Waals surface area contributed by atoms with Crippen molar-refractivity contribution in [3.63, 3.8) is 0 Å². The van der Waals surface area contributed by atoms with Gasteiger partial charge in [0.05, 0.1) is 0 Å². The van der Waals surface area contributed by atoms with E-state index in [1.165, 1.54) is 24.0 Å². The van der Waals surface area contributed by atoms with Gasteiger partial charge >= 0.3 is 0 Å². The zero-order chi connectivity index (χ0) is 8.89. The zero-order valence-corrected chi connectivity index (χ0v) is 8.19. The molecule has 1 saturated carbocycles. The van der Waals surface area contributed by atoms with Crippen LogP contribution in [0.3, 0.4) is 0 Å². The molecule has 13 heavy (non-hydrogen) atoms. The molecular weight excluding hydrogens is 182 g/mol. The number of fused-ring (bicyclic) bond motifs is 2. The van der Waals surface area contributed by atoms with Crippen LogP contribution in [0, 0.1) is 0 Å². The number of hydrogen-bond donors (Lipinski definition) is 1. The molecule has 0 aromatic heterocycles. The molecule has 1 heterocycles. The topological polar surface area (TPSA) is 12.0 Å². The average Bonchev–Trinajstić information content (AvgIpc) is 2.86. The summed E-state index contributed by atoms with van der Waals surface area (Å²) >= 11 is 5.96. The Labute approximate surface area is 83.1 Å². The van der Waals surface area contributed by atoms with Crippen LogP contribution in [0.15, 0.2) is 18.2 Å². The van der Waals surface area contributed by atoms with E-state index < -0.39 is 0 Å². The van der Waals surface area contributed by atoms with Crippen molar-refractivity contribution in [2.75, 3.05) is 6.54 Å². The van der Waals surface area contributed by atoms with Gasteiger partial charge in [-0.25, -0.2) is 0 Å². The van der Waals surface area contributed by atoms with Gasteiger partial charge in [-0.3, -0.25) is 0 Å². The summed E-state index contributed by atoms with van der Waals surface area (Å²) in [5, 5.41) is 4.32. The van der Waals surface area contributed by atoms with Crippen LogP contribution in [0.2, 0.25) is 5.02 Å². The van der Waals surface area contributed by atoms with Crippen LogP contribution in [0.4, 0.5) is 0 Å². The highest BCUT2D eigenvalue weighted by Crippen LogP contribution is 2.50. The van der Waals surface area contributed by atoms with Crippen LogP contribution in [0.25, 0.3) is 0 Å². The predicted octanol–water partition coefficient (Wildman–Crippen LogP) is 2.47. The van der Waals surface area contributed by atoms with Crippen LogP contribution in [-0.4, -0.2) is 6.54 Å². The van der Waals surface area contributed by atoms with Gasteiger partial charge in [-0.15, -0.1) is 0 Å². The van der Waals surface area contributed by atoms with Gasteiger partial charge in [0.2, 0.25) is 0 Å². The van der Waals surface area contributed by atoms with Gasteiger partial charge in [-0.1, -0.05) is 17.7 Å². The highest BCUT2D eigenvalue weighted by molar-refractivity contribution is 6.30. The summed E-state index contributed by atoms with van der Waals surface area (Å²) in [4.78, 5) is 0. The monoisotopic (exact) mass is 193 g/mol. The van der Waals surface area contributed by atoms with E-state index in [1.54, 1.807) is 0 Å². The Bertz CT molecular complexity index is 355. The molecule has 0 bridgehead atoms. The Morgan fingerprint density at radius 2 is 2.15 bits per heavy atom. The quantitative estimate of drug-likeness (QED) is 0.668. The summed E-state index contributed by atoms with van der Waals surface area (Å²) in [6, 6.07) is 6.33. The second kappa shape index (κ2) is 2.49. The van der Waals surface area contributed by atoms with Crippen LogP contribution in [0.5, 0.6) is 0 Å².